The summed E-state index contributed by atoms with van der Waals surface area (Å²) < 4.78 is 28.5. The van der Waals surface area contributed by atoms with Gasteiger partial charge in [0.1, 0.15) is 5.75 Å². The largest absolute Gasteiger partial charge is 0.479 e. The molecular weight excluding hydrogens is 264 g/mol. The SMILES string of the molecule is N#Cc1cc(C=O)c(C(O)C(=O)O)c(OC(F)F)c1. The summed E-state index contributed by atoms with van der Waals surface area (Å²) >= 11 is 0. The first kappa shape index (κ1) is 14.5. The number of aliphatic hydroxyl groups is 1. The van der Waals surface area contributed by atoms with Crippen LogP contribution in [0.3, 0.4) is 0 Å². The van der Waals surface area contributed by atoms with Gasteiger partial charge in [0.05, 0.1) is 11.6 Å². The summed E-state index contributed by atoms with van der Waals surface area (Å²) in [6.45, 7) is -3.30. The third-order valence-electron chi connectivity index (χ3n) is 2.15. The quantitative estimate of drug-likeness (QED) is 0.776. The molecule has 0 aromatic heterocycles. The molecule has 8 heteroatoms. The summed E-state index contributed by atoms with van der Waals surface area (Å²) in [7, 11) is 0. The van der Waals surface area contributed by atoms with E-state index in [2.05, 4.69) is 4.74 Å². The van der Waals surface area contributed by atoms with E-state index in [-0.39, 0.29) is 11.8 Å². The van der Waals surface area contributed by atoms with E-state index < -0.39 is 35.6 Å². The van der Waals surface area contributed by atoms with Gasteiger partial charge in [-0.15, -0.1) is 0 Å². The maximum Gasteiger partial charge on any atom is 0.387 e. The molecule has 100 valence electrons. The van der Waals surface area contributed by atoms with Gasteiger partial charge in [-0.1, -0.05) is 0 Å². The number of alkyl halides is 2. The zero-order chi connectivity index (χ0) is 14.6. The van der Waals surface area contributed by atoms with E-state index in [0.717, 1.165) is 12.1 Å². The predicted octanol–water partition coefficient (Wildman–Crippen LogP) is 1.09. The van der Waals surface area contributed by atoms with Gasteiger partial charge in [0.2, 0.25) is 0 Å². The Kier molecular flexibility index (Phi) is 4.50. The van der Waals surface area contributed by atoms with E-state index in [0.29, 0.717) is 0 Å². The second kappa shape index (κ2) is 5.88. The van der Waals surface area contributed by atoms with E-state index in [9.17, 15) is 23.5 Å². The normalized spacial score (nSPS) is 11.7. The van der Waals surface area contributed by atoms with E-state index in [1.54, 1.807) is 6.07 Å². The Labute approximate surface area is 105 Å². The molecule has 0 aliphatic heterocycles. The molecule has 0 spiro atoms. The summed E-state index contributed by atoms with van der Waals surface area (Å²) in [4.78, 5) is 21.5. The number of carboxylic acid groups (broad SMARTS) is 1. The van der Waals surface area contributed by atoms with Crippen LogP contribution in [-0.2, 0) is 4.79 Å². The Balaban J connectivity index is 3.50. The van der Waals surface area contributed by atoms with Crippen LogP contribution < -0.4 is 4.74 Å². The molecule has 19 heavy (non-hydrogen) atoms. The first-order chi connectivity index (χ1) is 8.90. The number of carbonyl (C=O) groups is 2. The number of nitrogens with zero attached hydrogens (tertiary/aromatic N) is 1. The number of hydrogen-bond donors (Lipinski definition) is 2. The number of aldehydes is 1. The van der Waals surface area contributed by atoms with Crippen LogP contribution in [0.2, 0.25) is 0 Å². The van der Waals surface area contributed by atoms with Gasteiger partial charge < -0.3 is 14.9 Å². The summed E-state index contributed by atoms with van der Waals surface area (Å²) in [6.07, 6.45) is -2.08. The molecule has 0 saturated heterocycles. The molecule has 0 bridgehead atoms. The van der Waals surface area contributed by atoms with Crippen molar-refractivity contribution in [3.8, 4) is 11.8 Å². The van der Waals surface area contributed by atoms with Gasteiger partial charge in [0, 0.05) is 11.1 Å². The molecule has 0 radical (unpaired) electrons. The van der Waals surface area contributed by atoms with Crippen molar-refractivity contribution in [2.24, 2.45) is 0 Å². The van der Waals surface area contributed by atoms with Crippen LogP contribution in [0, 0.1) is 11.3 Å². The molecule has 0 amide bonds. The highest BCUT2D eigenvalue weighted by atomic mass is 19.3. The number of ether oxygens (including phenoxy) is 1. The van der Waals surface area contributed by atoms with Crippen molar-refractivity contribution in [1.29, 1.82) is 5.26 Å². The third kappa shape index (κ3) is 3.23. The highest BCUT2D eigenvalue weighted by Crippen LogP contribution is 2.31. The first-order valence-electron chi connectivity index (χ1n) is 4.79. The molecule has 6 nitrogen and oxygen atoms in total. The van der Waals surface area contributed by atoms with Gasteiger partial charge in [-0.25, -0.2) is 4.79 Å². The number of carbonyl (C=O) groups excluding carboxylic acids is 1. The fraction of sp³-hybridized carbons (Fsp3) is 0.182. The Bertz CT molecular complexity index is 553. The highest BCUT2D eigenvalue weighted by molar-refractivity contribution is 5.85. The molecular formula is C11H7F2NO5. The van der Waals surface area contributed by atoms with Crippen LogP contribution in [0.5, 0.6) is 5.75 Å². The summed E-state index contributed by atoms with van der Waals surface area (Å²) in [5.74, 6) is -2.47. The maximum atomic E-state index is 12.2. The number of aliphatic hydroxyl groups excluding tert-OH is 1. The monoisotopic (exact) mass is 271 g/mol. The molecule has 1 atom stereocenters. The van der Waals surface area contributed by atoms with Crippen molar-refractivity contribution in [3.05, 3.63) is 28.8 Å². The molecule has 0 fully saturated rings. The fourth-order valence-corrected chi connectivity index (χ4v) is 1.42. The highest BCUT2D eigenvalue weighted by Gasteiger charge is 2.26. The number of rotatable bonds is 5. The molecule has 0 aliphatic rings. The minimum absolute atomic E-state index is 0.140. The Hall–Kier alpha value is -2.53. The number of benzene rings is 1. The molecule has 1 aromatic carbocycles. The van der Waals surface area contributed by atoms with Gasteiger partial charge in [0.25, 0.3) is 0 Å². The molecule has 1 rings (SSSR count). The van der Waals surface area contributed by atoms with Gasteiger partial charge >= 0.3 is 12.6 Å². The van der Waals surface area contributed by atoms with Crippen LogP contribution >= 0.6 is 0 Å². The van der Waals surface area contributed by atoms with Crippen LogP contribution in [0.15, 0.2) is 12.1 Å². The molecule has 1 unspecified atom stereocenters. The van der Waals surface area contributed by atoms with E-state index in [1.165, 1.54) is 0 Å². The number of aliphatic carboxylic acids is 1. The van der Waals surface area contributed by atoms with Gasteiger partial charge in [-0.3, -0.25) is 4.79 Å². The van der Waals surface area contributed by atoms with Crippen LogP contribution in [0.4, 0.5) is 8.78 Å². The lowest BCUT2D eigenvalue weighted by atomic mass is 9.99. The van der Waals surface area contributed by atoms with E-state index in [4.69, 9.17) is 10.4 Å². The fourth-order valence-electron chi connectivity index (χ4n) is 1.42. The van der Waals surface area contributed by atoms with Crippen LogP contribution in [0.25, 0.3) is 0 Å². The smallest absolute Gasteiger partial charge is 0.387 e. The molecule has 0 saturated carbocycles. The Morgan fingerprint density at radius 3 is 2.53 bits per heavy atom. The van der Waals surface area contributed by atoms with Crippen molar-refractivity contribution >= 4 is 12.3 Å². The number of halogens is 2. The summed E-state index contributed by atoms with van der Waals surface area (Å²) in [6, 6.07) is 3.38. The average Bonchev–Trinajstić information content (AvgIpc) is 2.35. The van der Waals surface area contributed by atoms with Crippen molar-refractivity contribution in [3.63, 3.8) is 0 Å². The lowest BCUT2D eigenvalue weighted by Gasteiger charge is -2.15. The average molecular weight is 271 g/mol. The molecule has 0 aliphatic carbocycles. The van der Waals surface area contributed by atoms with Gasteiger partial charge in [0.15, 0.2) is 12.4 Å². The lowest BCUT2D eigenvalue weighted by Crippen LogP contribution is -2.16. The Morgan fingerprint density at radius 2 is 2.11 bits per heavy atom. The van der Waals surface area contributed by atoms with Crippen LogP contribution in [0.1, 0.15) is 27.6 Å². The van der Waals surface area contributed by atoms with Gasteiger partial charge in [-0.05, 0) is 12.1 Å². The van der Waals surface area contributed by atoms with Crippen LogP contribution in [-0.4, -0.2) is 29.1 Å². The number of hydrogen-bond acceptors (Lipinski definition) is 5. The van der Waals surface area contributed by atoms with Gasteiger partial charge in [-0.2, -0.15) is 14.0 Å². The maximum absolute atomic E-state index is 12.2. The second-order valence-electron chi connectivity index (χ2n) is 3.33. The standard InChI is InChI=1S/C11H7F2NO5/c12-11(13)19-7-2-5(3-14)1-6(4-15)8(7)9(16)10(17)18/h1-2,4,9,11,16H,(H,17,18). The minimum atomic E-state index is -3.30. The lowest BCUT2D eigenvalue weighted by molar-refractivity contribution is -0.147. The third-order valence-corrected chi connectivity index (χ3v) is 2.15. The van der Waals surface area contributed by atoms with Crippen molar-refractivity contribution in [1.82, 2.24) is 0 Å². The minimum Gasteiger partial charge on any atom is -0.479 e. The van der Waals surface area contributed by atoms with Crippen molar-refractivity contribution in [2.75, 3.05) is 0 Å². The van der Waals surface area contributed by atoms with Crippen molar-refractivity contribution < 1.29 is 33.3 Å². The first-order valence-corrected chi connectivity index (χ1v) is 4.79. The van der Waals surface area contributed by atoms with Crippen molar-refractivity contribution in [2.45, 2.75) is 12.7 Å². The predicted molar refractivity (Wildman–Crippen MR) is 55.8 cm³/mol. The zero-order valence-corrected chi connectivity index (χ0v) is 9.21. The summed E-state index contributed by atoms with van der Waals surface area (Å²) in [5, 5.41) is 26.7. The number of nitriles is 1. The summed E-state index contributed by atoms with van der Waals surface area (Å²) in [5.41, 5.74) is -1.22. The molecule has 1 aromatic rings. The Morgan fingerprint density at radius 1 is 1.47 bits per heavy atom. The second-order valence-corrected chi connectivity index (χ2v) is 3.33. The van der Waals surface area contributed by atoms with E-state index >= 15 is 0 Å². The van der Waals surface area contributed by atoms with E-state index in [1.807, 2.05) is 0 Å². The molecule has 2 N–H and O–H groups in total. The topological polar surface area (TPSA) is 108 Å². The molecule has 0 heterocycles. The number of carboxylic acids is 1. The zero-order valence-electron chi connectivity index (χ0n) is 9.21.